The SMILES string of the molecule is Cc1cc(C)c(C(=O)C2(C(=O)O)COC2)c(C)c1. The fraction of sp³-hybridized carbons (Fsp3) is 0.429. The van der Waals surface area contributed by atoms with Crippen LogP contribution in [0.5, 0.6) is 0 Å². The Hall–Kier alpha value is -1.68. The molecule has 1 saturated heterocycles. The van der Waals surface area contributed by atoms with Gasteiger partial charge >= 0.3 is 5.97 Å². The normalized spacial score (nSPS) is 17.1. The Morgan fingerprint density at radius 3 is 2.00 bits per heavy atom. The first-order valence-corrected chi connectivity index (χ1v) is 5.82. The summed E-state index contributed by atoms with van der Waals surface area (Å²) in [5.74, 6) is -1.44. The van der Waals surface area contributed by atoms with E-state index in [-0.39, 0.29) is 19.0 Å². The Kier molecular flexibility index (Phi) is 2.99. The molecule has 0 aliphatic carbocycles. The van der Waals surface area contributed by atoms with Crippen molar-refractivity contribution in [1.29, 1.82) is 0 Å². The van der Waals surface area contributed by atoms with E-state index in [1.807, 2.05) is 32.9 Å². The number of carbonyl (C=O) groups is 2. The zero-order valence-electron chi connectivity index (χ0n) is 10.7. The molecule has 4 nitrogen and oxygen atoms in total. The number of Topliss-reactive ketones (excluding diaryl/α,β-unsaturated/α-hetero) is 1. The van der Waals surface area contributed by atoms with Crippen molar-refractivity contribution in [3.63, 3.8) is 0 Å². The van der Waals surface area contributed by atoms with Gasteiger partial charge in [-0.1, -0.05) is 17.7 Å². The smallest absolute Gasteiger partial charge is 0.322 e. The Balaban J connectivity index is 2.50. The molecule has 0 bridgehead atoms. The van der Waals surface area contributed by atoms with Crippen LogP contribution in [-0.4, -0.2) is 30.1 Å². The first-order valence-electron chi connectivity index (χ1n) is 5.82. The molecular weight excluding hydrogens is 232 g/mol. The van der Waals surface area contributed by atoms with E-state index in [0.29, 0.717) is 5.56 Å². The van der Waals surface area contributed by atoms with Crippen LogP contribution in [0.4, 0.5) is 0 Å². The topological polar surface area (TPSA) is 63.6 Å². The maximum atomic E-state index is 12.5. The highest BCUT2D eigenvalue weighted by Crippen LogP contribution is 2.34. The van der Waals surface area contributed by atoms with Crippen LogP contribution in [0.2, 0.25) is 0 Å². The van der Waals surface area contributed by atoms with Gasteiger partial charge in [-0.05, 0) is 31.9 Å². The summed E-state index contributed by atoms with van der Waals surface area (Å²) in [7, 11) is 0. The Labute approximate surface area is 106 Å². The summed E-state index contributed by atoms with van der Waals surface area (Å²) in [6, 6.07) is 3.80. The average Bonchev–Trinajstić information content (AvgIpc) is 2.12. The van der Waals surface area contributed by atoms with Crippen molar-refractivity contribution in [3.05, 3.63) is 34.4 Å². The predicted octanol–water partition coefficient (Wildman–Crippen LogP) is 1.90. The monoisotopic (exact) mass is 248 g/mol. The van der Waals surface area contributed by atoms with Gasteiger partial charge in [0.25, 0.3) is 0 Å². The Morgan fingerprint density at radius 2 is 1.67 bits per heavy atom. The predicted molar refractivity (Wildman–Crippen MR) is 65.9 cm³/mol. The molecule has 0 spiro atoms. The molecule has 18 heavy (non-hydrogen) atoms. The first kappa shape index (κ1) is 12.8. The van der Waals surface area contributed by atoms with E-state index in [2.05, 4.69) is 0 Å². The van der Waals surface area contributed by atoms with Crippen molar-refractivity contribution in [2.75, 3.05) is 13.2 Å². The van der Waals surface area contributed by atoms with Gasteiger partial charge in [-0.15, -0.1) is 0 Å². The van der Waals surface area contributed by atoms with Gasteiger partial charge in [-0.25, -0.2) is 0 Å². The van der Waals surface area contributed by atoms with Gasteiger partial charge in [-0.2, -0.15) is 0 Å². The first-order chi connectivity index (χ1) is 8.38. The molecule has 96 valence electrons. The summed E-state index contributed by atoms with van der Waals surface area (Å²) in [5, 5.41) is 9.25. The van der Waals surface area contributed by atoms with Crippen LogP contribution < -0.4 is 0 Å². The number of carboxylic acids is 1. The van der Waals surface area contributed by atoms with Crippen molar-refractivity contribution in [1.82, 2.24) is 0 Å². The molecule has 0 atom stereocenters. The molecule has 1 fully saturated rings. The molecule has 4 heteroatoms. The molecule has 0 radical (unpaired) electrons. The van der Waals surface area contributed by atoms with Gasteiger partial charge in [0, 0.05) is 5.56 Å². The molecule has 0 unspecified atom stereocenters. The molecule has 0 amide bonds. The van der Waals surface area contributed by atoms with Crippen molar-refractivity contribution in [2.45, 2.75) is 20.8 Å². The number of aliphatic carboxylic acids is 1. The summed E-state index contributed by atoms with van der Waals surface area (Å²) in [4.78, 5) is 23.8. The molecular formula is C14H16O4. The van der Waals surface area contributed by atoms with E-state index < -0.39 is 11.4 Å². The molecule has 1 aromatic carbocycles. The lowest BCUT2D eigenvalue weighted by molar-refractivity contribution is -0.169. The summed E-state index contributed by atoms with van der Waals surface area (Å²) in [6.07, 6.45) is 0. The second-order valence-electron chi connectivity index (χ2n) is 4.98. The molecule has 0 saturated carbocycles. The molecule has 0 aromatic heterocycles. The second-order valence-corrected chi connectivity index (χ2v) is 4.98. The zero-order valence-corrected chi connectivity index (χ0v) is 10.7. The number of carboxylic acid groups (broad SMARTS) is 1. The quantitative estimate of drug-likeness (QED) is 0.655. The number of ether oxygens (including phenoxy) is 1. The van der Waals surface area contributed by atoms with E-state index in [9.17, 15) is 14.7 Å². The van der Waals surface area contributed by atoms with Gasteiger partial charge < -0.3 is 9.84 Å². The van der Waals surface area contributed by atoms with Crippen molar-refractivity contribution in [3.8, 4) is 0 Å². The maximum absolute atomic E-state index is 12.5. The fourth-order valence-electron chi connectivity index (χ4n) is 2.44. The van der Waals surface area contributed by atoms with E-state index in [1.54, 1.807) is 0 Å². The van der Waals surface area contributed by atoms with E-state index in [1.165, 1.54) is 0 Å². The van der Waals surface area contributed by atoms with Crippen molar-refractivity contribution < 1.29 is 19.4 Å². The summed E-state index contributed by atoms with van der Waals surface area (Å²) in [6.45, 7) is 5.56. The molecule has 2 rings (SSSR count). The average molecular weight is 248 g/mol. The van der Waals surface area contributed by atoms with Crippen molar-refractivity contribution >= 4 is 11.8 Å². The van der Waals surface area contributed by atoms with E-state index in [0.717, 1.165) is 16.7 Å². The van der Waals surface area contributed by atoms with Crippen LogP contribution in [0.3, 0.4) is 0 Å². The zero-order chi connectivity index (χ0) is 13.5. The van der Waals surface area contributed by atoms with Crippen LogP contribution >= 0.6 is 0 Å². The minimum absolute atomic E-state index is 0.0338. The minimum Gasteiger partial charge on any atom is -0.480 e. The lowest BCUT2D eigenvalue weighted by Gasteiger charge is -2.36. The lowest BCUT2D eigenvalue weighted by atomic mass is 9.76. The van der Waals surface area contributed by atoms with E-state index >= 15 is 0 Å². The van der Waals surface area contributed by atoms with Crippen LogP contribution in [0.15, 0.2) is 12.1 Å². The highest BCUT2D eigenvalue weighted by Gasteiger charge is 2.53. The molecule has 1 aromatic rings. The van der Waals surface area contributed by atoms with Crippen LogP contribution in [0, 0.1) is 26.2 Å². The summed E-state index contributed by atoms with van der Waals surface area (Å²) >= 11 is 0. The molecule has 1 heterocycles. The molecule has 1 aliphatic rings. The third-order valence-corrected chi connectivity index (χ3v) is 3.45. The largest absolute Gasteiger partial charge is 0.480 e. The Morgan fingerprint density at radius 1 is 1.17 bits per heavy atom. The number of ketones is 1. The number of aryl methyl sites for hydroxylation is 3. The van der Waals surface area contributed by atoms with Gasteiger partial charge in [0.1, 0.15) is 0 Å². The third kappa shape index (κ3) is 1.73. The van der Waals surface area contributed by atoms with Gasteiger partial charge in [0.05, 0.1) is 13.2 Å². The van der Waals surface area contributed by atoms with Gasteiger partial charge in [0.15, 0.2) is 11.2 Å². The second kappa shape index (κ2) is 4.21. The number of hydrogen-bond acceptors (Lipinski definition) is 3. The van der Waals surface area contributed by atoms with E-state index in [4.69, 9.17) is 4.74 Å². The third-order valence-electron chi connectivity index (χ3n) is 3.45. The molecule has 1 aliphatic heterocycles. The number of carbonyl (C=O) groups excluding carboxylic acids is 1. The van der Waals surface area contributed by atoms with Crippen LogP contribution in [0.25, 0.3) is 0 Å². The standard InChI is InChI=1S/C14H16O4/c1-8-4-9(2)11(10(3)5-8)12(15)14(13(16)17)6-18-7-14/h4-5H,6-7H2,1-3H3,(H,16,17). The fourth-order valence-corrected chi connectivity index (χ4v) is 2.44. The Bertz CT molecular complexity index is 504. The lowest BCUT2D eigenvalue weighted by Crippen LogP contribution is -2.55. The summed E-state index contributed by atoms with van der Waals surface area (Å²) < 4.78 is 4.94. The number of benzene rings is 1. The minimum atomic E-state index is -1.38. The van der Waals surface area contributed by atoms with Gasteiger partial charge in [-0.3, -0.25) is 9.59 Å². The van der Waals surface area contributed by atoms with Crippen LogP contribution in [-0.2, 0) is 9.53 Å². The highest BCUT2D eigenvalue weighted by molar-refractivity contribution is 6.14. The maximum Gasteiger partial charge on any atom is 0.322 e. The number of rotatable bonds is 3. The van der Waals surface area contributed by atoms with Crippen LogP contribution in [0.1, 0.15) is 27.0 Å². The van der Waals surface area contributed by atoms with Crippen molar-refractivity contribution in [2.24, 2.45) is 5.41 Å². The highest BCUT2D eigenvalue weighted by atomic mass is 16.5. The summed E-state index contributed by atoms with van der Waals surface area (Å²) in [5.41, 5.74) is 1.85. The number of hydrogen-bond donors (Lipinski definition) is 1. The van der Waals surface area contributed by atoms with Gasteiger partial charge in [0.2, 0.25) is 0 Å². The molecule has 1 N–H and O–H groups in total.